The molecule has 0 saturated carbocycles. The van der Waals surface area contributed by atoms with Crippen molar-refractivity contribution in [3.8, 4) is 11.5 Å². The van der Waals surface area contributed by atoms with Gasteiger partial charge in [-0.2, -0.15) is 0 Å². The number of anilines is 1. The van der Waals surface area contributed by atoms with Gasteiger partial charge in [0.2, 0.25) is 11.8 Å². The number of hydrogen-bond donors (Lipinski definition) is 0. The number of methoxy groups -OCH3 is 2. The third-order valence-electron chi connectivity index (χ3n) is 4.86. The van der Waals surface area contributed by atoms with Gasteiger partial charge < -0.3 is 19.3 Å². The summed E-state index contributed by atoms with van der Waals surface area (Å²) in [5, 5.41) is 0. The summed E-state index contributed by atoms with van der Waals surface area (Å²) in [6.07, 6.45) is 0.682. The van der Waals surface area contributed by atoms with Gasteiger partial charge in [-0.15, -0.1) is 0 Å². The number of amides is 2. The first-order valence-electron chi connectivity index (χ1n) is 8.98. The van der Waals surface area contributed by atoms with E-state index in [-0.39, 0.29) is 18.4 Å². The van der Waals surface area contributed by atoms with E-state index in [0.717, 1.165) is 11.1 Å². The Hall–Kier alpha value is -3.09. The Balaban J connectivity index is 1.77. The van der Waals surface area contributed by atoms with Gasteiger partial charge in [0, 0.05) is 25.7 Å². The summed E-state index contributed by atoms with van der Waals surface area (Å²) in [4.78, 5) is 27.9. The fourth-order valence-corrected chi connectivity index (χ4v) is 3.36. The number of rotatable bonds is 5. The van der Waals surface area contributed by atoms with Gasteiger partial charge in [-0.25, -0.2) is 4.39 Å². The molecular weight excluding hydrogens is 363 g/mol. The predicted octanol–water partition coefficient (Wildman–Crippen LogP) is 2.78. The minimum absolute atomic E-state index is 0.137. The van der Waals surface area contributed by atoms with Gasteiger partial charge >= 0.3 is 0 Å². The number of ether oxygens (including phenoxy) is 2. The van der Waals surface area contributed by atoms with Crippen molar-refractivity contribution in [2.24, 2.45) is 0 Å². The summed E-state index contributed by atoms with van der Waals surface area (Å²) in [7, 11) is 3.16. The number of hydrogen-bond acceptors (Lipinski definition) is 4. The van der Waals surface area contributed by atoms with E-state index in [1.54, 1.807) is 25.2 Å². The van der Waals surface area contributed by atoms with Crippen LogP contribution in [0.2, 0.25) is 0 Å². The van der Waals surface area contributed by atoms with Gasteiger partial charge in [-0.3, -0.25) is 9.59 Å². The second kappa shape index (κ2) is 8.29. The molecule has 1 aliphatic rings. The Morgan fingerprint density at radius 2 is 1.79 bits per heavy atom. The Morgan fingerprint density at radius 1 is 1.11 bits per heavy atom. The number of carbonyl (C=O) groups is 2. The van der Waals surface area contributed by atoms with Crippen LogP contribution in [0.1, 0.15) is 18.1 Å². The van der Waals surface area contributed by atoms with Crippen LogP contribution in [0.4, 0.5) is 10.1 Å². The van der Waals surface area contributed by atoms with Crippen molar-refractivity contribution in [2.75, 3.05) is 32.2 Å². The van der Waals surface area contributed by atoms with Crippen LogP contribution in [0.25, 0.3) is 0 Å². The van der Waals surface area contributed by atoms with Crippen LogP contribution in [0.15, 0.2) is 36.4 Å². The van der Waals surface area contributed by atoms with Crippen LogP contribution < -0.4 is 14.4 Å². The molecule has 0 spiro atoms. The van der Waals surface area contributed by atoms with E-state index in [0.29, 0.717) is 36.7 Å². The van der Waals surface area contributed by atoms with Crippen molar-refractivity contribution in [2.45, 2.75) is 19.9 Å². The standard InChI is InChI=1S/C21H23FN2O4/c1-14(25)24(18-6-4-5-17(22)11-18)13-21(26)23-8-7-15-9-19(27-2)20(28-3)10-16(15)12-23/h4-6,9-11H,7-8,12-13H2,1-3H3. The van der Waals surface area contributed by atoms with Crippen LogP contribution in [0, 0.1) is 5.82 Å². The Kier molecular flexibility index (Phi) is 5.82. The third-order valence-corrected chi connectivity index (χ3v) is 4.86. The van der Waals surface area contributed by atoms with E-state index < -0.39 is 5.82 Å². The maximum Gasteiger partial charge on any atom is 0.242 e. The fourth-order valence-electron chi connectivity index (χ4n) is 3.36. The molecule has 1 aliphatic heterocycles. The average molecular weight is 386 g/mol. The summed E-state index contributed by atoms with van der Waals surface area (Å²) >= 11 is 0. The molecule has 0 atom stereocenters. The summed E-state index contributed by atoms with van der Waals surface area (Å²) in [6, 6.07) is 9.49. The van der Waals surface area contributed by atoms with Crippen molar-refractivity contribution >= 4 is 17.5 Å². The molecule has 0 aromatic heterocycles. The molecule has 3 rings (SSSR count). The smallest absolute Gasteiger partial charge is 0.242 e. The molecule has 2 aromatic carbocycles. The number of nitrogens with zero attached hydrogens (tertiary/aromatic N) is 2. The van der Waals surface area contributed by atoms with Crippen LogP contribution >= 0.6 is 0 Å². The zero-order chi connectivity index (χ0) is 20.3. The second-order valence-electron chi connectivity index (χ2n) is 6.63. The highest BCUT2D eigenvalue weighted by Crippen LogP contribution is 2.33. The summed E-state index contributed by atoms with van der Waals surface area (Å²) in [5.41, 5.74) is 2.46. The normalized spacial score (nSPS) is 12.9. The molecule has 28 heavy (non-hydrogen) atoms. The lowest BCUT2D eigenvalue weighted by molar-refractivity contribution is -0.132. The summed E-state index contributed by atoms with van der Waals surface area (Å²) < 4.78 is 24.2. The van der Waals surface area contributed by atoms with Gasteiger partial charge in [0.15, 0.2) is 11.5 Å². The molecule has 0 radical (unpaired) electrons. The van der Waals surface area contributed by atoms with Gasteiger partial charge in [-0.05, 0) is 47.9 Å². The Morgan fingerprint density at radius 3 is 2.39 bits per heavy atom. The molecule has 0 N–H and O–H groups in total. The SMILES string of the molecule is COc1cc2c(cc1OC)CN(C(=O)CN(C(C)=O)c1cccc(F)c1)CC2. The summed E-state index contributed by atoms with van der Waals surface area (Å²) in [5.74, 6) is 0.308. The highest BCUT2D eigenvalue weighted by molar-refractivity contribution is 5.97. The molecule has 0 unspecified atom stereocenters. The molecule has 148 valence electrons. The zero-order valence-corrected chi connectivity index (χ0v) is 16.2. The molecule has 2 amide bonds. The number of fused-ring (bicyclic) bond motifs is 1. The van der Waals surface area contributed by atoms with Crippen LogP contribution in [-0.2, 0) is 22.6 Å². The number of carbonyl (C=O) groups excluding carboxylic acids is 2. The Bertz CT molecular complexity index is 900. The van der Waals surface area contributed by atoms with Crippen molar-refractivity contribution in [3.05, 3.63) is 53.3 Å². The van der Waals surface area contributed by atoms with E-state index in [1.807, 2.05) is 12.1 Å². The molecule has 0 fully saturated rings. The predicted molar refractivity (Wildman–Crippen MR) is 103 cm³/mol. The zero-order valence-electron chi connectivity index (χ0n) is 16.2. The van der Waals surface area contributed by atoms with E-state index in [1.165, 1.54) is 30.0 Å². The van der Waals surface area contributed by atoms with Crippen molar-refractivity contribution in [3.63, 3.8) is 0 Å². The maximum absolute atomic E-state index is 13.5. The average Bonchev–Trinajstić information content (AvgIpc) is 2.69. The van der Waals surface area contributed by atoms with E-state index in [9.17, 15) is 14.0 Å². The lowest BCUT2D eigenvalue weighted by Gasteiger charge is -2.31. The van der Waals surface area contributed by atoms with E-state index in [2.05, 4.69) is 0 Å². The molecule has 0 aliphatic carbocycles. The second-order valence-corrected chi connectivity index (χ2v) is 6.63. The highest BCUT2D eigenvalue weighted by Gasteiger charge is 2.25. The van der Waals surface area contributed by atoms with Gasteiger partial charge in [0.05, 0.1) is 14.2 Å². The van der Waals surface area contributed by atoms with Crippen molar-refractivity contribution in [1.82, 2.24) is 4.90 Å². The molecule has 0 saturated heterocycles. The minimum atomic E-state index is -0.454. The van der Waals surface area contributed by atoms with E-state index in [4.69, 9.17) is 9.47 Å². The summed E-state index contributed by atoms with van der Waals surface area (Å²) in [6.45, 7) is 2.18. The topological polar surface area (TPSA) is 59.1 Å². The van der Waals surface area contributed by atoms with Gasteiger partial charge in [0.1, 0.15) is 12.4 Å². The van der Waals surface area contributed by atoms with Crippen LogP contribution in [-0.4, -0.2) is 44.0 Å². The molecule has 0 bridgehead atoms. The Labute approximate surface area is 163 Å². The monoisotopic (exact) mass is 386 g/mol. The first kappa shape index (κ1) is 19.7. The van der Waals surface area contributed by atoms with E-state index >= 15 is 0 Å². The quantitative estimate of drug-likeness (QED) is 0.793. The molecule has 2 aromatic rings. The third kappa shape index (κ3) is 4.08. The minimum Gasteiger partial charge on any atom is -0.493 e. The van der Waals surface area contributed by atoms with Crippen LogP contribution in [0.3, 0.4) is 0 Å². The maximum atomic E-state index is 13.5. The fraction of sp³-hybridized carbons (Fsp3) is 0.333. The lowest BCUT2D eigenvalue weighted by atomic mass is 9.98. The first-order valence-corrected chi connectivity index (χ1v) is 8.98. The lowest BCUT2D eigenvalue weighted by Crippen LogP contribution is -2.44. The van der Waals surface area contributed by atoms with Gasteiger partial charge in [-0.1, -0.05) is 6.07 Å². The first-order chi connectivity index (χ1) is 13.4. The number of halogens is 1. The number of benzene rings is 2. The molecular formula is C21H23FN2O4. The molecule has 1 heterocycles. The highest BCUT2D eigenvalue weighted by atomic mass is 19.1. The molecule has 6 nitrogen and oxygen atoms in total. The van der Waals surface area contributed by atoms with Crippen molar-refractivity contribution in [1.29, 1.82) is 0 Å². The molecule has 7 heteroatoms. The van der Waals surface area contributed by atoms with Gasteiger partial charge in [0.25, 0.3) is 0 Å². The van der Waals surface area contributed by atoms with Crippen LogP contribution in [0.5, 0.6) is 11.5 Å². The van der Waals surface area contributed by atoms with Crippen molar-refractivity contribution < 1.29 is 23.5 Å². The largest absolute Gasteiger partial charge is 0.493 e.